The zero-order chi connectivity index (χ0) is 10.1. The van der Waals surface area contributed by atoms with Gasteiger partial charge in [0, 0.05) is 18.9 Å². The van der Waals surface area contributed by atoms with Gasteiger partial charge in [0.2, 0.25) is 0 Å². The number of imidazole rings is 1. The molecule has 0 aliphatic rings. The van der Waals surface area contributed by atoms with Crippen LogP contribution in [0.2, 0.25) is 0 Å². The summed E-state index contributed by atoms with van der Waals surface area (Å²) >= 11 is 0. The van der Waals surface area contributed by atoms with E-state index in [0.29, 0.717) is 11.1 Å². The van der Waals surface area contributed by atoms with Crippen molar-refractivity contribution >= 4 is 0 Å². The minimum absolute atomic E-state index is 0.379. The summed E-state index contributed by atoms with van der Waals surface area (Å²) in [5.74, 6) is 0. The summed E-state index contributed by atoms with van der Waals surface area (Å²) in [5.41, 5.74) is -0.625. The van der Waals surface area contributed by atoms with Crippen molar-refractivity contribution in [3.05, 3.63) is 22.9 Å². The van der Waals surface area contributed by atoms with Crippen molar-refractivity contribution < 1.29 is 13.2 Å². The molecule has 0 atom stereocenters. The zero-order valence-corrected chi connectivity index (χ0v) is 7.01. The normalized spacial score (nSPS) is 12.0. The summed E-state index contributed by atoms with van der Waals surface area (Å²) in [6, 6.07) is 0. The van der Waals surface area contributed by atoms with Gasteiger partial charge in [0.05, 0.1) is 0 Å². The predicted molar refractivity (Wildman–Crippen MR) is 40.4 cm³/mol. The molecular formula is C7H9F3N2O. The van der Waals surface area contributed by atoms with Gasteiger partial charge in [-0.05, 0) is 6.92 Å². The molecule has 1 rings (SSSR count). The molecule has 0 amide bonds. The Morgan fingerprint density at radius 1 is 1.31 bits per heavy atom. The van der Waals surface area contributed by atoms with Gasteiger partial charge in [-0.15, -0.1) is 0 Å². The highest BCUT2D eigenvalue weighted by Gasteiger charge is 2.28. The molecule has 0 unspecified atom stereocenters. The van der Waals surface area contributed by atoms with Gasteiger partial charge in [0.1, 0.15) is 6.54 Å². The molecule has 74 valence electrons. The monoisotopic (exact) mass is 194 g/mol. The van der Waals surface area contributed by atoms with Crippen LogP contribution < -0.4 is 5.69 Å². The van der Waals surface area contributed by atoms with Crippen LogP contribution in [0.25, 0.3) is 0 Å². The van der Waals surface area contributed by atoms with Gasteiger partial charge in [-0.1, -0.05) is 0 Å². The number of nitrogens with zero attached hydrogens (tertiary/aromatic N) is 2. The first-order chi connectivity index (χ1) is 5.94. The van der Waals surface area contributed by atoms with Crippen molar-refractivity contribution in [2.75, 3.05) is 0 Å². The van der Waals surface area contributed by atoms with E-state index in [1.165, 1.54) is 10.8 Å². The van der Waals surface area contributed by atoms with Crippen LogP contribution in [0.5, 0.6) is 0 Å². The molecule has 0 aliphatic heterocycles. The van der Waals surface area contributed by atoms with E-state index >= 15 is 0 Å². The maximum absolute atomic E-state index is 11.9. The van der Waals surface area contributed by atoms with E-state index in [1.54, 1.807) is 6.92 Å². The van der Waals surface area contributed by atoms with E-state index in [4.69, 9.17) is 0 Å². The summed E-state index contributed by atoms with van der Waals surface area (Å²) in [4.78, 5) is 11.1. The van der Waals surface area contributed by atoms with Gasteiger partial charge < -0.3 is 0 Å². The molecule has 0 aliphatic carbocycles. The Balaban J connectivity index is 2.91. The second-order valence-corrected chi connectivity index (χ2v) is 2.61. The van der Waals surface area contributed by atoms with E-state index < -0.39 is 18.4 Å². The highest BCUT2D eigenvalue weighted by molar-refractivity contribution is 4.81. The van der Waals surface area contributed by atoms with Crippen molar-refractivity contribution in [3.8, 4) is 0 Å². The van der Waals surface area contributed by atoms with Crippen LogP contribution in [-0.2, 0) is 13.1 Å². The Kier molecular flexibility index (Phi) is 2.49. The standard InChI is InChI=1S/C7H9F3N2O/c1-2-11-3-4-12(6(11)13)5-7(8,9)10/h3-4H,2,5H2,1H3. The largest absolute Gasteiger partial charge is 0.406 e. The average Bonchev–Trinajstić information content (AvgIpc) is 2.30. The lowest BCUT2D eigenvalue weighted by molar-refractivity contribution is -0.141. The van der Waals surface area contributed by atoms with Crippen LogP contribution in [0.3, 0.4) is 0 Å². The second kappa shape index (κ2) is 3.27. The van der Waals surface area contributed by atoms with Crippen LogP contribution in [0.15, 0.2) is 17.2 Å². The minimum Gasteiger partial charge on any atom is -0.300 e. The number of aryl methyl sites for hydroxylation is 1. The van der Waals surface area contributed by atoms with Crippen molar-refractivity contribution in [2.24, 2.45) is 0 Å². The molecule has 0 radical (unpaired) electrons. The first-order valence-corrected chi connectivity index (χ1v) is 3.76. The van der Waals surface area contributed by atoms with Gasteiger partial charge >= 0.3 is 11.9 Å². The predicted octanol–water partition coefficient (Wildman–Crippen LogP) is 1.23. The Morgan fingerprint density at radius 2 is 1.85 bits per heavy atom. The molecule has 1 aromatic heterocycles. The van der Waals surface area contributed by atoms with Gasteiger partial charge in [-0.3, -0.25) is 9.13 Å². The summed E-state index contributed by atoms with van der Waals surface area (Å²) in [5, 5.41) is 0. The number of alkyl halides is 3. The van der Waals surface area contributed by atoms with E-state index in [0.717, 1.165) is 6.20 Å². The van der Waals surface area contributed by atoms with Crippen molar-refractivity contribution in [3.63, 3.8) is 0 Å². The maximum atomic E-state index is 11.9. The van der Waals surface area contributed by atoms with E-state index in [1.807, 2.05) is 0 Å². The lowest BCUT2D eigenvalue weighted by atomic mass is 10.6. The molecule has 0 fully saturated rings. The fourth-order valence-corrected chi connectivity index (χ4v) is 1.01. The number of hydrogen-bond donors (Lipinski definition) is 0. The molecule has 0 bridgehead atoms. The Morgan fingerprint density at radius 3 is 2.23 bits per heavy atom. The van der Waals surface area contributed by atoms with Crippen LogP contribution in [0, 0.1) is 0 Å². The summed E-state index contributed by atoms with van der Waals surface area (Å²) in [6.45, 7) is 0.849. The molecule has 0 saturated carbocycles. The SMILES string of the molecule is CCn1ccn(CC(F)(F)F)c1=O. The second-order valence-electron chi connectivity index (χ2n) is 2.61. The van der Waals surface area contributed by atoms with Crippen LogP contribution in [0.1, 0.15) is 6.92 Å². The van der Waals surface area contributed by atoms with E-state index in [9.17, 15) is 18.0 Å². The summed E-state index contributed by atoms with van der Waals surface area (Å²) in [7, 11) is 0. The molecule has 13 heavy (non-hydrogen) atoms. The topological polar surface area (TPSA) is 26.9 Å². The molecule has 0 saturated heterocycles. The Hall–Kier alpha value is -1.20. The van der Waals surface area contributed by atoms with Crippen LogP contribution in [-0.4, -0.2) is 15.3 Å². The molecule has 0 N–H and O–H groups in total. The first kappa shape index (κ1) is 9.88. The highest BCUT2D eigenvalue weighted by atomic mass is 19.4. The summed E-state index contributed by atoms with van der Waals surface area (Å²) < 4.78 is 37.5. The fourth-order valence-electron chi connectivity index (χ4n) is 1.01. The van der Waals surface area contributed by atoms with Gasteiger partial charge in [-0.2, -0.15) is 13.2 Å². The smallest absolute Gasteiger partial charge is 0.300 e. The lowest BCUT2D eigenvalue weighted by Gasteiger charge is -2.05. The third-order valence-electron chi connectivity index (χ3n) is 1.61. The molecule has 1 aromatic rings. The highest BCUT2D eigenvalue weighted by Crippen LogP contribution is 2.15. The zero-order valence-electron chi connectivity index (χ0n) is 7.01. The Bertz CT molecular complexity index is 336. The first-order valence-electron chi connectivity index (χ1n) is 3.76. The van der Waals surface area contributed by atoms with Crippen LogP contribution in [0.4, 0.5) is 13.2 Å². The molecule has 1 heterocycles. The average molecular weight is 194 g/mol. The minimum atomic E-state index is -4.34. The molecule has 6 heteroatoms. The molecule has 3 nitrogen and oxygen atoms in total. The van der Waals surface area contributed by atoms with Crippen LogP contribution >= 0.6 is 0 Å². The Labute approximate surface area is 72.4 Å². The van der Waals surface area contributed by atoms with Crippen molar-refractivity contribution in [2.45, 2.75) is 26.2 Å². The maximum Gasteiger partial charge on any atom is 0.406 e. The number of aromatic nitrogens is 2. The third kappa shape index (κ3) is 2.37. The van der Waals surface area contributed by atoms with Gasteiger partial charge in [0.15, 0.2) is 0 Å². The lowest BCUT2D eigenvalue weighted by Crippen LogP contribution is -2.29. The quantitative estimate of drug-likeness (QED) is 0.695. The van der Waals surface area contributed by atoms with E-state index in [-0.39, 0.29) is 0 Å². The number of rotatable bonds is 2. The third-order valence-corrected chi connectivity index (χ3v) is 1.61. The molecule has 0 aromatic carbocycles. The fraction of sp³-hybridized carbons (Fsp3) is 0.571. The molecule has 0 spiro atoms. The van der Waals surface area contributed by atoms with Crippen molar-refractivity contribution in [1.29, 1.82) is 0 Å². The number of halogens is 3. The molecular weight excluding hydrogens is 185 g/mol. The van der Waals surface area contributed by atoms with E-state index in [2.05, 4.69) is 0 Å². The van der Waals surface area contributed by atoms with Gasteiger partial charge in [0.25, 0.3) is 0 Å². The number of hydrogen-bond acceptors (Lipinski definition) is 1. The van der Waals surface area contributed by atoms with Gasteiger partial charge in [-0.25, -0.2) is 4.79 Å². The summed E-state index contributed by atoms with van der Waals surface area (Å²) in [6.07, 6.45) is -1.86. The van der Waals surface area contributed by atoms with Crippen molar-refractivity contribution in [1.82, 2.24) is 9.13 Å².